The smallest absolute Gasteiger partial charge is 0.407 e. The van der Waals surface area contributed by atoms with E-state index in [4.69, 9.17) is 15.6 Å². The van der Waals surface area contributed by atoms with E-state index in [1.165, 1.54) is 16.0 Å². The molecular weight excluding hydrogens is 328 g/mol. The van der Waals surface area contributed by atoms with E-state index in [0.29, 0.717) is 25.6 Å². The van der Waals surface area contributed by atoms with E-state index in [1.807, 2.05) is 24.3 Å². The summed E-state index contributed by atoms with van der Waals surface area (Å²) in [5.41, 5.74) is 8.97. The lowest BCUT2D eigenvalue weighted by Crippen LogP contribution is -2.37. The fraction of sp³-hybridized carbons (Fsp3) is 0.381. The second kappa shape index (κ2) is 8.61. The van der Waals surface area contributed by atoms with Gasteiger partial charge in [-0.15, -0.1) is 0 Å². The van der Waals surface area contributed by atoms with Crippen molar-refractivity contribution in [3.63, 3.8) is 0 Å². The van der Waals surface area contributed by atoms with E-state index in [0.717, 1.165) is 37.1 Å². The third-order valence-corrected chi connectivity index (χ3v) is 4.99. The van der Waals surface area contributed by atoms with Gasteiger partial charge in [-0.2, -0.15) is 0 Å². The van der Waals surface area contributed by atoms with Gasteiger partial charge < -0.3 is 20.5 Å². The molecule has 1 aliphatic rings. The Bertz CT molecular complexity index is 705. The van der Waals surface area contributed by atoms with Crippen LogP contribution in [-0.4, -0.2) is 35.8 Å². The molecule has 3 N–H and O–H groups in total. The number of amides is 1. The molecule has 1 saturated heterocycles. The molecule has 0 radical (unpaired) electrons. The molecule has 138 valence electrons. The molecule has 1 amide bonds. The van der Waals surface area contributed by atoms with Crippen molar-refractivity contribution >= 4 is 11.8 Å². The first-order valence-electron chi connectivity index (χ1n) is 9.14. The lowest BCUT2D eigenvalue weighted by Gasteiger charge is -2.29. The van der Waals surface area contributed by atoms with Crippen molar-refractivity contribution in [2.24, 2.45) is 5.92 Å². The SMILES string of the molecule is Nc1ccc(Cc2ccc(OCCC3CCN(C(=O)O)CC3)cc2)cc1. The highest BCUT2D eigenvalue weighted by Gasteiger charge is 2.21. The molecule has 0 spiro atoms. The van der Waals surface area contributed by atoms with E-state index in [9.17, 15) is 4.79 Å². The highest BCUT2D eigenvalue weighted by atomic mass is 16.5. The Kier molecular flexibility index (Phi) is 6.00. The molecule has 0 atom stereocenters. The number of ether oxygens (including phenoxy) is 1. The minimum Gasteiger partial charge on any atom is -0.494 e. The standard InChI is InChI=1S/C21H26N2O3/c22-19-5-1-17(2-6-19)15-18-3-7-20(8-4-18)26-14-11-16-9-12-23(13-10-16)21(24)25/h1-8,16H,9-15,22H2,(H,24,25). The van der Waals surface area contributed by atoms with Crippen molar-refractivity contribution in [3.8, 4) is 5.75 Å². The number of hydrogen-bond donors (Lipinski definition) is 2. The zero-order chi connectivity index (χ0) is 18.4. The van der Waals surface area contributed by atoms with Crippen LogP contribution in [0.25, 0.3) is 0 Å². The van der Waals surface area contributed by atoms with Crippen LogP contribution in [-0.2, 0) is 6.42 Å². The Labute approximate surface area is 154 Å². The van der Waals surface area contributed by atoms with Gasteiger partial charge in [0.05, 0.1) is 6.61 Å². The van der Waals surface area contributed by atoms with Gasteiger partial charge in [0.1, 0.15) is 5.75 Å². The van der Waals surface area contributed by atoms with Crippen molar-refractivity contribution in [3.05, 3.63) is 59.7 Å². The van der Waals surface area contributed by atoms with E-state index >= 15 is 0 Å². The maximum Gasteiger partial charge on any atom is 0.407 e. The molecular formula is C21H26N2O3. The summed E-state index contributed by atoms with van der Waals surface area (Å²) in [7, 11) is 0. The molecule has 0 saturated carbocycles. The topological polar surface area (TPSA) is 75.8 Å². The molecule has 5 nitrogen and oxygen atoms in total. The number of rotatable bonds is 6. The van der Waals surface area contributed by atoms with E-state index < -0.39 is 6.09 Å². The summed E-state index contributed by atoms with van der Waals surface area (Å²) in [5, 5.41) is 8.97. The molecule has 26 heavy (non-hydrogen) atoms. The fourth-order valence-electron chi connectivity index (χ4n) is 3.33. The quantitative estimate of drug-likeness (QED) is 0.768. The normalized spacial score (nSPS) is 15.0. The average molecular weight is 354 g/mol. The summed E-state index contributed by atoms with van der Waals surface area (Å²) in [6, 6.07) is 16.2. The van der Waals surface area contributed by atoms with Gasteiger partial charge in [-0.05, 0) is 67.0 Å². The van der Waals surface area contributed by atoms with E-state index in [1.54, 1.807) is 0 Å². The Morgan fingerprint density at radius 3 is 2.19 bits per heavy atom. The van der Waals surface area contributed by atoms with E-state index in [-0.39, 0.29) is 0 Å². The van der Waals surface area contributed by atoms with Gasteiger partial charge in [0, 0.05) is 18.8 Å². The van der Waals surface area contributed by atoms with Crippen LogP contribution in [0.4, 0.5) is 10.5 Å². The molecule has 0 aromatic heterocycles. The molecule has 1 aliphatic heterocycles. The predicted molar refractivity (Wildman–Crippen MR) is 103 cm³/mol. The highest BCUT2D eigenvalue weighted by Crippen LogP contribution is 2.22. The maximum atomic E-state index is 10.9. The predicted octanol–water partition coefficient (Wildman–Crippen LogP) is 4.02. The van der Waals surface area contributed by atoms with Gasteiger partial charge in [0.25, 0.3) is 0 Å². The zero-order valence-corrected chi connectivity index (χ0v) is 14.9. The van der Waals surface area contributed by atoms with Crippen molar-refractivity contribution in [2.45, 2.75) is 25.7 Å². The van der Waals surface area contributed by atoms with Crippen molar-refractivity contribution in [1.82, 2.24) is 4.90 Å². The van der Waals surface area contributed by atoms with Crippen LogP contribution in [0.1, 0.15) is 30.4 Å². The third-order valence-electron chi connectivity index (χ3n) is 4.99. The number of nitrogen functional groups attached to an aromatic ring is 1. The Morgan fingerprint density at radius 2 is 1.62 bits per heavy atom. The van der Waals surface area contributed by atoms with Gasteiger partial charge in [-0.1, -0.05) is 24.3 Å². The number of nitrogens with two attached hydrogens (primary N) is 1. The molecule has 2 aromatic rings. The number of nitrogens with zero attached hydrogens (tertiary/aromatic N) is 1. The van der Waals surface area contributed by atoms with Gasteiger partial charge in [-0.25, -0.2) is 4.79 Å². The molecule has 0 bridgehead atoms. The molecule has 1 fully saturated rings. The number of anilines is 1. The van der Waals surface area contributed by atoms with E-state index in [2.05, 4.69) is 24.3 Å². The summed E-state index contributed by atoms with van der Waals surface area (Å²) < 4.78 is 5.86. The molecule has 3 rings (SSSR count). The fourth-order valence-corrected chi connectivity index (χ4v) is 3.33. The summed E-state index contributed by atoms with van der Waals surface area (Å²) >= 11 is 0. The Hall–Kier alpha value is -2.69. The van der Waals surface area contributed by atoms with Crippen LogP contribution in [0.3, 0.4) is 0 Å². The van der Waals surface area contributed by atoms with Gasteiger partial charge in [0.15, 0.2) is 0 Å². The summed E-state index contributed by atoms with van der Waals surface area (Å²) in [4.78, 5) is 12.4. The first-order valence-corrected chi connectivity index (χ1v) is 9.14. The first-order chi connectivity index (χ1) is 12.6. The molecule has 1 heterocycles. The lowest BCUT2D eigenvalue weighted by molar-refractivity contribution is 0.119. The largest absolute Gasteiger partial charge is 0.494 e. The number of piperidine rings is 1. The Morgan fingerprint density at radius 1 is 1.04 bits per heavy atom. The second-order valence-electron chi connectivity index (χ2n) is 6.91. The number of carbonyl (C=O) groups is 1. The van der Waals surface area contributed by atoms with Crippen LogP contribution in [0, 0.1) is 5.92 Å². The number of carboxylic acid groups (broad SMARTS) is 1. The van der Waals surface area contributed by atoms with Crippen LogP contribution < -0.4 is 10.5 Å². The second-order valence-corrected chi connectivity index (χ2v) is 6.91. The zero-order valence-electron chi connectivity index (χ0n) is 14.9. The van der Waals surface area contributed by atoms with Crippen molar-refractivity contribution in [2.75, 3.05) is 25.4 Å². The van der Waals surface area contributed by atoms with Crippen LogP contribution in [0.15, 0.2) is 48.5 Å². The minimum absolute atomic E-state index is 0.551. The molecule has 0 aliphatic carbocycles. The lowest BCUT2D eigenvalue weighted by atomic mass is 9.94. The molecule has 0 unspecified atom stereocenters. The van der Waals surface area contributed by atoms with Crippen LogP contribution in [0.5, 0.6) is 5.75 Å². The highest BCUT2D eigenvalue weighted by molar-refractivity contribution is 5.64. The maximum absolute atomic E-state index is 10.9. The first kappa shape index (κ1) is 18.1. The van der Waals surface area contributed by atoms with Crippen LogP contribution >= 0.6 is 0 Å². The average Bonchev–Trinajstić information content (AvgIpc) is 2.65. The van der Waals surface area contributed by atoms with Crippen molar-refractivity contribution in [1.29, 1.82) is 0 Å². The third kappa shape index (κ3) is 5.15. The summed E-state index contributed by atoms with van der Waals surface area (Å²) in [6.45, 7) is 1.95. The monoisotopic (exact) mass is 354 g/mol. The van der Waals surface area contributed by atoms with Gasteiger partial charge >= 0.3 is 6.09 Å². The van der Waals surface area contributed by atoms with Gasteiger partial charge in [0.2, 0.25) is 0 Å². The number of benzene rings is 2. The number of likely N-dealkylation sites (tertiary alicyclic amines) is 1. The Balaban J connectivity index is 1.40. The van der Waals surface area contributed by atoms with Crippen LogP contribution in [0.2, 0.25) is 0 Å². The van der Waals surface area contributed by atoms with Gasteiger partial charge in [-0.3, -0.25) is 0 Å². The minimum atomic E-state index is -0.807. The summed E-state index contributed by atoms with van der Waals surface area (Å²) in [6.07, 6.45) is 2.90. The molecule has 5 heteroatoms. The van der Waals surface area contributed by atoms with Crippen molar-refractivity contribution < 1.29 is 14.6 Å². The number of hydrogen-bond acceptors (Lipinski definition) is 3. The molecule has 2 aromatic carbocycles. The summed E-state index contributed by atoms with van der Waals surface area (Å²) in [5.74, 6) is 1.43.